The van der Waals surface area contributed by atoms with Crippen molar-refractivity contribution in [2.75, 3.05) is 19.8 Å². The van der Waals surface area contributed by atoms with Gasteiger partial charge >= 0.3 is 0 Å². The maximum atomic E-state index is 5.93. The molecule has 0 bridgehead atoms. The van der Waals surface area contributed by atoms with Crippen molar-refractivity contribution in [2.24, 2.45) is 0 Å². The quantitative estimate of drug-likeness (QED) is 0.721. The lowest BCUT2D eigenvalue weighted by atomic mass is 9.65. The molecule has 1 atom stereocenters. The second kappa shape index (κ2) is 8.55. The minimum Gasteiger partial charge on any atom is -0.380 e. The van der Waals surface area contributed by atoms with E-state index in [9.17, 15) is 0 Å². The lowest BCUT2D eigenvalue weighted by Gasteiger charge is -2.44. The predicted octanol–water partition coefficient (Wildman–Crippen LogP) is 4.29. The molecule has 1 fully saturated rings. The van der Waals surface area contributed by atoms with E-state index in [1.165, 1.54) is 37.7 Å². The van der Waals surface area contributed by atoms with Gasteiger partial charge in [-0.15, -0.1) is 0 Å². The van der Waals surface area contributed by atoms with Crippen LogP contribution in [0.4, 0.5) is 0 Å². The Hall–Kier alpha value is -0.860. The van der Waals surface area contributed by atoms with Crippen molar-refractivity contribution < 1.29 is 4.74 Å². The second-order valence-corrected chi connectivity index (χ2v) is 6.27. The summed E-state index contributed by atoms with van der Waals surface area (Å²) in [4.78, 5) is 0. The van der Waals surface area contributed by atoms with Gasteiger partial charge in [-0.2, -0.15) is 0 Å². The van der Waals surface area contributed by atoms with Crippen LogP contribution in [0.25, 0.3) is 0 Å². The maximum absolute atomic E-state index is 5.93. The third-order valence-electron chi connectivity index (χ3n) is 4.85. The summed E-state index contributed by atoms with van der Waals surface area (Å²) in [5, 5.41) is 3.73. The second-order valence-electron chi connectivity index (χ2n) is 6.27. The summed E-state index contributed by atoms with van der Waals surface area (Å²) in [6.45, 7) is 7.09. The normalized spacial score (nSPS) is 19.3. The van der Waals surface area contributed by atoms with E-state index in [-0.39, 0.29) is 5.41 Å². The number of likely N-dealkylation sites (N-methyl/N-ethyl adjacent to an activating group) is 1. The first-order valence-corrected chi connectivity index (χ1v) is 8.70. The largest absolute Gasteiger partial charge is 0.380 e. The summed E-state index contributed by atoms with van der Waals surface area (Å²) >= 11 is 0. The van der Waals surface area contributed by atoms with E-state index in [4.69, 9.17) is 4.74 Å². The highest BCUT2D eigenvalue weighted by molar-refractivity contribution is 5.28. The molecule has 1 saturated carbocycles. The molecule has 0 aliphatic heterocycles. The number of nitrogens with one attached hydrogen (secondary N) is 1. The Morgan fingerprint density at radius 2 is 1.81 bits per heavy atom. The minimum atomic E-state index is 0.253. The molecule has 2 rings (SSSR count). The number of hydrogen-bond acceptors (Lipinski definition) is 2. The van der Waals surface area contributed by atoms with Gasteiger partial charge in [0.2, 0.25) is 0 Å². The highest BCUT2D eigenvalue weighted by Gasteiger charge is 2.40. The van der Waals surface area contributed by atoms with Gasteiger partial charge in [-0.05, 0) is 31.4 Å². The highest BCUT2D eigenvalue weighted by Crippen LogP contribution is 2.42. The Bertz CT molecular complexity index is 384. The Balaban J connectivity index is 2.23. The van der Waals surface area contributed by atoms with Gasteiger partial charge in [-0.25, -0.2) is 0 Å². The molecule has 2 nitrogen and oxygen atoms in total. The lowest BCUT2D eigenvalue weighted by Crippen LogP contribution is -2.52. The van der Waals surface area contributed by atoms with E-state index >= 15 is 0 Å². The molecule has 1 unspecified atom stereocenters. The monoisotopic (exact) mass is 289 g/mol. The van der Waals surface area contributed by atoms with Crippen LogP contribution >= 0.6 is 0 Å². The molecule has 118 valence electrons. The van der Waals surface area contributed by atoms with Crippen LogP contribution in [0, 0.1) is 0 Å². The van der Waals surface area contributed by atoms with Crippen LogP contribution in [0.5, 0.6) is 0 Å². The molecule has 21 heavy (non-hydrogen) atoms. The summed E-state index contributed by atoms with van der Waals surface area (Å²) in [7, 11) is 0. The molecule has 1 N–H and O–H groups in total. The summed E-state index contributed by atoms with van der Waals surface area (Å²) in [5.41, 5.74) is 1.75. The van der Waals surface area contributed by atoms with E-state index in [0.717, 1.165) is 26.2 Å². The van der Waals surface area contributed by atoms with Crippen LogP contribution in [0.2, 0.25) is 0 Å². The number of ether oxygens (including phenoxy) is 1. The average molecular weight is 289 g/mol. The summed E-state index contributed by atoms with van der Waals surface area (Å²) in [5.74, 6) is 0. The Labute approximate surface area is 130 Å². The van der Waals surface area contributed by atoms with E-state index in [1.807, 2.05) is 0 Å². The first kappa shape index (κ1) is 16.5. The zero-order valence-corrected chi connectivity index (χ0v) is 13.7. The van der Waals surface area contributed by atoms with Gasteiger partial charge in [0, 0.05) is 18.1 Å². The smallest absolute Gasteiger partial charge is 0.0628 e. The molecule has 0 heterocycles. The molecule has 1 aliphatic rings. The van der Waals surface area contributed by atoms with Crippen LogP contribution in [0.1, 0.15) is 57.9 Å². The van der Waals surface area contributed by atoms with Gasteiger partial charge in [-0.1, -0.05) is 63.4 Å². The molecule has 1 aromatic rings. The van der Waals surface area contributed by atoms with Crippen molar-refractivity contribution in [3.05, 3.63) is 35.9 Å². The van der Waals surface area contributed by atoms with Gasteiger partial charge in [0.25, 0.3) is 0 Å². The lowest BCUT2D eigenvalue weighted by molar-refractivity contribution is 0.0712. The third-order valence-corrected chi connectivity index (χ3v) is 4.85. The van der Waals surface area contributed by atoms with Crippen molar-refractivity contribution in [1.29, 1.82) is 0 Å². The van der Waals surface area contributed by atoms with Crippen molar-refractivity contribution in [3.8, 4) is 0 Å². The summed E-state index contributed by atoms with van der Waals surface area (Å²) in [6.07, 6.45) is 7.71. The molecule has 0 spiro atoms. The molecule has 0 amide bonds. The van der Waals surface area contributed by atoms with Crippen molar-refractivity contribution in [3.63, 3.8) is 0 Å². The first-order chi connectivity index (χ1) is 10.3. The van der Waals surface area contributed by atoms with Crippen molar-refractivity contribution >= 4 is 0 Å². The van der Waals surface area contributed by atoms with Gasteiger partial charge < -0.3 is 10.1 Å². The SMILES string of the molecule is CCCOCC(NCC)C1(c2ccccc2)CCCCC1. The van der Waals surface area contributed by atoms with Crippen LogP contribution in [-0.4, -0.2) is 25.8 Å². The zero-order chi connectivity index (χ0) is 15.0. The fourth-order valence-electron chi connectivity index (χ4n) is 3.80. The number of hydrogen-bond donors (Lipinski definition) is 1. The number of benzene rings is 1. The van der Waals surface area contributed by atoms with Gasteiger partial charge in [-0.3, -0.25) is 0 Å². The van der Waals surface area contributed by atoms with Crippen molar-refractivity contribution in [2.45, 2.75) is 63.8 Å². The minimum absolute atomic E-state index is 0.253. The van der Waals surface area contributed by atoms with Crippen LogP contribution in [-0.2, 0) is 10.2 Å². The fraction of sp³-hybridized carbons (Fsp3) is 0.684. The summed E-state index contributed by atoms with van der Waals surface area (Å²) in [6, 6.07) is 11.5. The molecule has 1 aliphatic carbocycles. The predicted molar refractivity (Wildman–Crippen MR) is 89.8 cm³/mol. The van der Waals surface area contributed by atoms with E-state index in [0.29, 0.717) is 6.04 Å². The van der Waals surface area contributed by atoms with Crippen LogP contribution < -0.4 is 5.32 Å². The Morgan fingerprint density at radius 3 is 2.43 bits per heavy atom. The highest BCUT2D eigenvalue weighted by atomic mass is 16.5. The third kappa shape index (κ3) is 4.08. The number of rotatable bonds is 8. The maximum Gasteiger partial charge on any atom is 0.0628 e. The summed E-state index contributed by atoms with van der Waals surface area (Å²) < 4.78 is 5.93. The molecule has 1 aromatic carbocycles. The zero-order valence-electron chi connectivity index (χ0n) is 13.7. The molecular formula is C19H31NO. The van der Waals surface area contributed by atoms with E-state index in [2.05, 4.69) is 49.5 Å². The van der Waals surface area contributed by atoms with E-state index in [1.54, 1.807) is 0 Å². The van der Waals surface area contributed by atoms with Crippen molar-refractivity contribution in [1.82, 2.24) is 5.32 Å². The molecule has 0 aromatic heterocycles. The first-order valence-electron chi connectivity index (χ1n) is 8.70. The fourth-order valence-corrected chi connectivity index (χ4v) is 3.80. The van der Waals surface area contributed by atoms with Crippen LogP contribution in [0.3, 0.4) is 0 Å². The Kier molecular flexibility index (Phi) is 6.72. The Morgan fingerprint density at radius 1 is 1.10 bits per heavy atom. The van der Waals surface area contributed by atoms with Gasteiger partial charge in [0.05, 0.1) is 6.61 Å². The standard InChI is InChI=1S/C19H31NO/c1-3-15-21-16-18(20-4-2)19(13-9-6-10-14-19)17-11-7-5-8-12-17/h5,7-8,11-12,18,20H,3-4,6,9-10,13-16H2,1-2H3. The molecule has 0 saturated heterocycles. The molecular weight excluding hydrogens is 258 g/mol. The molecule has 0 radical (unpaired) electrons. The topological polar surface area (TPSA) is 21.3 Å². The van der Waals surface area contributed by atoms with E-state index < -0.39 is 0 Å². The molecule has 2 heteroatoms. The average Bonchev–Trinajstić information content (AvgIpc) is 2.56. The van der Waals surface area contributed by atoms with Gasteiger partial charge in [0.1, 0.15) is 0 Å². The van der Waals surface area contributed by atoms with Gasteiger partial charge in [0.15, 0.2) is 0 Å². The van der Waals surface area contributed by atoms with Crippen LogP contribution in [0.15, 0.2) is 30.3 Å².